The highest BCUT2D eigenvalue weighted by Gasteiger charge is 2.22. The third kappa shape index (κ3) is 3.59. The zero-order valence-electron chi connectivity index (χ0n) is 9.15. The van der Waals surface area contributed by atoms with Crippen LogP contribution in [-0.2, 0) is 0 Å². The molecule has 0 aromatic heterocycles. The average molecular weight is 268 g/mol. The van der Waals surface area contributed by atoms with Crippen molar-refractivity contribution in [3.63, 3.8) is 0 Å². The van der Waals surface area contributed by atoms with Gasteiger partial charge in [0.25, 0.3) is 0 Å². The molecule has 16 heavy (non-hydrogen) atoms. The van der Waals surface area contributed by atoms with E-state index >= 15 is 0 Å². The van der Waals surface area contributed by atoms with Crippen molar-refractivity contribution < 1.29 is 9.50 Å². The number of hydrogen-bond donors (Lipinski definition) is 2. The minimum absolute atomic E-state index is 0. The summed E-state index contributed by atoms with van der Waals surface area (Å²) < 4.78 is 12.8. The Morgan fingerprint density at radius 3 is 2.38 bits per heavy atom. The van der Waals surface area contributed by atoms with Gasteiger partial charge in [-0.25, -0.2) is 4.39 Å². The number of hydrogen-bond acceptors (Lipinski definition) is 2. The Balaban J connectivity index is 0.00000225. The number of benzene rings is 1. The summed E-state index contributed by atoms with van der Waals surface area (Å²) in [5, 5.41) is 10.0. The maximum Gasteiger partial charge on any atom is 0.124 e. The normalized spacial score (nSPS) is 14.4. The fourth-order valence-corrected chi connectivity index (χ4v) is 1.66. The molecule has 0 bridgehead atoms. The molecular formula is C11H16Cl2FNO. The van der Waals surface area contributed by atoms with Crippen LogP contribution in [0.3, 0.4) is 0 Å². The summed E-state index contributed by atoms with van der Waals surface area (Å²) >= 11 is 5.84. The second kappa shape index (κ2) is 6.40. The first-order chi connectivity index (χ1) is 6.93. The summed E-state index contributed by atoms with van der Waals surface area (Å²) in [6.45, 7) is 3.73. The van der Waals surface area contributed by atoms with Crippen LogP contribution in [0.1, 0.15) is 25.5 Å². The Bertz CT molecular complexity index is 347. The van der Waals surface area contributed by atoms with Gasteiger partial charge >= 0.3 is 0 Å². The van der Waals surface area contributed by atoms with Gasteiger partial charge in [0.05, 0.1) is 12.1 Å². The summed E-state index contributed by atoms with van der Waals surface area (Å²) in [5.41, 5.74) is 6.40. The first-order valence-corrected chi connectivity index (χ1v) is 5.20. The molecule has 0 saturated heterocycles. The van der Waals surface area contributed by atoms with Gasteiger partial charge < -0.3 is 10.8 Å². The minimum atomic E-state index is -0.687. The molecule has 1 aromatic rings. The molecule has 0 aliphatic rings. The van der Waals surface area contributed by atoms with E-state index in [0.717, 1.165) is 0 Å². The van der Waals surface area contributed by atoms with Gasteiger partial charge in [0.2, 0.25) is 0 Å². The van der Waals surface area contributed by atoms with E-state index in [1.54, 1.807) is 0 Å². The molecule has 0 aliphatic carbocycles. The highest BCUT2D eigenvalue weighted by Crippen LogP contribution is 2.26. The highest BCUT2D eigenvalue weighted by molar-refractivity contribution is 6.31. The van der Waals surface area contributed by atoms with Gasteiger partial charge in [-0.3, -0.25) is 0 Å². The van der Waals surface area contributed by atoms with Gasteiger partial charge in [-0.05, 0) is 23.6 Å². The molecular weight excluding hydrogens is 252 g/mol. The Labute approximate surface area is 106 Å². The fraction of sp³-hybridized carbons (Fsp3) is 0.455. The Morgan fingerprint density at radius 1 is 1.38 bits per heavy atom. The predicted octanol–water partition coefficient (Wildman–Crippen LogP) is 2.92. The summed E-state index contributed by atoms with van der Waals surface area (Å²) in [4.78, 5) is 0. The van der Waals surface area contributed by atoms with E-state index in [4.69, 9.17) is 17.3 Å². The Hall–Kier alpha value is -0.350. The third-order valence-corrected chi connectivity index (χ3v) is 2.70. The standard InChI is InChI=1S/C11H15ClFNO.ClH/c1-6(2)11(15)10(14)8-4-3-7(13)5-9(8)12;/h3-6,10-11,15H,14H2,1-2H3;1H/t10-,11+;/m0./s1. The van der Waals surface area contributed by atoms with Gasteiger partial charge in [-0.2, -0.15) is 0 Å². The maximum atomic E-state index is 12.8. The van der Waals surface area contributed by atoms with Crippen molar-refractivity contribution in [2.45, 2.75) is 26.0 Å². The van der Waals surface area contributed by atoms with Crippen LogP contribution in [0.4, 0.5) is 4.39 Å². The second-order valence-corrected chi connectivity index (χ2v) is 4.33. The Morgan fingerprint density at radius 2 is 1.94 bits per heavy atom. The van der Waals surface area contributed by atoms with Crippen molar-refractivity contribution in [3.05, 3.63) is 34.6 Å². The topological polar surface area (TPSA) is 46.2 Å². The summed E-state index contributed by atoms with van der Waals surface area (Å²) in [6, 6.07) is 3.41. The third-order valence-electron chi connectivity index (χ3n) is 2.37. The van der Waals surface area contributed by atoms with Crippen LogP contribution < -0.4 is 5.73 Å². The first kappa shape index (κ1) is 15.7. The lowest BCUT2D eigenvalue weighted by Gasteiger charge is -2.23. The molecule has 3 N–H and O–H groups in total. The number of nitrogens with two attached hydrogens (primary N) is 1. The van der Waals surface area contributed by atoms with Crippen molar-refractivity contribution in [1.82, 2.24) is 0 Å². The van der Waals surface area contributed by atoms with Gasteiger partial charge in [0.1, 0.15) is 5.82 Å². The molecule has 1 aromatic carbocycles. The molecule has 0 fully saturated rings. The molecule has 2 atom stereocenters. The molecule has 1 rings (SSSR count). The summed E-state index contributed by atoms with van der Waals surface area (Å²) in [6.07, 6.45) is -0.687. The molecule has 92 valence electrons. The van der Waals surface area contributed by atoms with E-state index in [-0.39, 0.29) is 23.3 Å². The molecule has 5 heteroatoms. The van der Waals surface area contributed by atoms with E-state index in [1.807, 2.05) is 13.8 Å². The second-order valence-electron chi connectivity index (χ2n) is 3.93. The fourth-order valence-electron chi connectivity index (χ4n) is 1.37. The molecule has 0 saturated carbocycles. The van der Waals surface area contributed by atoms with Crippen LogP contribution in [-0.4, -0.2) is 11.2 Å². The summed E-state index contributed by atoms with van der Waals surface area (Å²) in [7, 11) is 0. The van der Waals surface area contributed by atoms with Gasteiger partial charge in [0.15, 0.2) is 0 Å². The van der Waals surface area contributed by atoms with Crippen molar-refractivity contribution in [3.8, 4) is 0 Å². The van der Waals surface area contributed by atoms with Gasteiger partial charge in [-0.15, -0.1) is 12.4 Å². The van der Waals surface area contributed by atoms with E-state index < -0.39 is 18.0 Å². The molecule has 0 amide bonds. The summed E-state index contributed by atoms with van der Waals surface area (Å²) in [5.74, 6) is -0.379. The molecule has 0 unspecified atom stereocenters. The van der Waals surface area contributed by atoms with Crippen LogP contribution >= 0.6 is 24.0 Å². The number of aliphatic hydroxyl groups is 1. The average Bonchev–Trinajstić information content (AvgIpc) is 2.15. The smallest absolute Gasteiger partial charge is 0.124 e. The van der Waals surface area contributed by atoms with Crippen molar-refractivity contribution in [1.29, 1.82) is 0 Å². The number of aliphatic hydroxyl groups excluding tert-OH is 1. The van der Waals surface area contributed by atoms with Crippen LogP contribution in [0.15, 0.2) is 18.2 Å². The van der Waals surface area contributed by atoms with Crippen LogP contribution in [0.2, 0.25) is 5.02 Å². The minimum Gasteiger partial charge on any atom is -0.391 e. The maximum absolute atomic E-state index is 12.8. The first-order valence-electron chi connectivity index (χ1n) is 4.82. The van der Waals surface area contributed by atoms with Crippen LogP contribution in [0.25, 0.3) is 0 Å². The molecule has 2 nitrogen and oxygen atoms in total. The lowest BCUT2D eigenvalue weighted by Crippen LogP contribution is -2.30. The van der Waals surface area contributed by atoms with Crippen LogP contribution in [0, 0.1) is 11.7 Å². The monoisotopic (exact) mass is 267 g/mol. The Kier molecular flexibility index (Phi) is 6.26. The predicted molar refractivity (Wildman–Crippen MR) is 66.4 cm³/mol. The van der Waals surface area contributed by atoms with Gasteiger partial charge in [0, 0.05) is 5.02 Å². The zero-order valence-corrected chi connectivity index (χ0v) is 10.7. The van der Waals surface area contributed by atoms with Gasteiger partial charge in [-0.1, -0.05) is 31.5 Å². The SMILES string of the molecule is CC(C)[C@@H](O)[C@@H](N)c1ccc(F)cc1Cl.Cl. The molecule has 0 spiro atoms. The van der Waals surface area contributed by atoms with E-state index in [1.165, 1.54) is 18.2 Å². The highest BCUT2D eigenvalue weighted by atomic mass is 35.5. The molecule has 0 aliphatic heterocycles. The van der Waals surface area contributed by atoms with E-state index in [2.05, 4.69) is 0 Å². The van der Waals surface area contributed by atoms with Crippen molar-refractivity contribution in [2.24, 2.45) is 11.7 Å². The van der Waals surface area contributed by atoms with Crippen LogP contribution in [0.5, 0.6) is 0 Å². The quantitative estimate of drug-likeness (QED) is 0.885. The molecule has 0 radical (unpaired) electrons. The van der Waals surface area contributed by atoms with Crippen molar-refractivity contribution in [2.75, 3.05) is 0 Å². The van der Waals surface area contributed by atoms with Crippen molar-refractivity contribution >= 4 is 24.0 Å². The lowest BCUT2D eigenvalue weighted by atomic mass is 9.94. The largest absolute Gasteiger partial charge is 0.391 e. The number of halogens is 3. The zero-order chi connectivity index (χ0) is 11.6. The van der Waals surface area contributed by atoms with E-state index in [9.17, 15) is 9.50 Å². The molecule has 0 heterocycles. The lowest BCUT2D eigenvalue weighted by molar-refractivity contribution is 0.0979. The number of rotatable bonds is 3. The van der Waals surface area contributed by atoms with E-state index in [0.29, 0.717) is 5.56 Å².